The number of aliphatic hydroxyl groups excluding tert-OH is 1. The van der Waals surface area contributed by atoms with Crippen LogP contribution in [-0.2, 0) is 23.9 Å². The molecule has 1 unspecified atom stereocenters. The van der Waals surface area contributed by atoms with Crippen LogP contribution in [0.4, 0.5) is 0 Å². The van der Waals surface area contributed by atoms with E-state index in [1.807, 2.05) is 69.9 Å². The molecule has 1 aliphatic rings. The number of nitrogens with one attached hydrogen (secondary N) is 3. The van der Waals surface area contributed by atoms with E-state index in [2.05, 4.69) is 36.7 Å². The predicted octanol–water partition coefficient (Wildman–Crippen LogP) is 4.00. The van der Waals surface area contributed by atoms with Gasteiger partial charge < -0.3 is 40.3 Å². The van der Waals surface area contributed by atoms with Crippen molar-refractivity contribution in [3.63, 3.8) is 0 Å². The highest BCUT2D eigenvalue weighted by Crippen LogP contribution is 2.29. The minimum Gasteiger partial charge on any atom is -0.387 e. The number of benzene rings is 1. The molecule has 0 aliphatic carbocycles. The van der Waals surface area contributed by atoms with Crippen LogP contribution in [0.5, 0.6) is 0 Å². The summed E-state index contributed by atoms with van der Waals surface area (Å²) in [5.41, 5.74) is 0.866. The monoisotopic (exact) mass is 704 g/mol. The summed E-state index contributed by atoms with van der Waals surface area (Å²) in [5, 5.41) is 20.4. The quantitative estimate of drug-likeness (QED) is 0.151. The standard InChI is InChI=1S/C39H69N5O6/c1-13-26(6)35(43(10)39(48)34(25(4)5)42-38(47)33(40-9)24(2)3)31(49-11)22-32(45)44-21-17-20-30(44)37(50-12)27(7)23-41-28(8)36(46)29-18-15-14-16-19-29/h14-16,18-19,24-28,30-31,33-37,40-41,46H,13,17,20-23H2,1-12H3,(H,42,47)/t26-,27?,28+,30-,31+,33-,34-,35-,36+,37+/m0/s1. The normalized spacial score (nSPS) is 20.5. The van der Waals surface area contributed by atoms with Gasteiger partial charge in [0, 0.05) is 40.4 Å². The fraction of sp³-hybridized carbons (Fsp3) is 0.769. The van der Waals surface area contributed by atoms with E-state index in [1.54, 1.807) is 33.2 Å². The molecule has 1 aromatic rings. The van der Waals surface area contributed by atoms with Crippen LogP contribution < -0.4 is 16.0 Å². The van der Waals surface area contributed by atoms with Crippen LogP contribution in [0.15, 0.2) is 30.3 Å². The van der Waals surface area contributed by atoms with Gasteiger partial charge in [-0.2, -0.15) is 0 Å². The topological polar surface area (TPSA) is 132 Å². The molecule has 1 aromatic carbocycles. The smallest absolute Gasteiger partial charge is 0.245 e. The Kier molecular flexibility index (Phi) is 18.4. The van der Waals surface area contributed by atoms with Gasteiger partial charge in [0.1, 0.15) is 6.04 Å². The molecule has 1 aliphatic heterocycles. The zero-order chi connectivity index (χ0) is 37.7. The van der Waals surface area contributed by atoms with E-state index in [9.17, 15) is 19.5 Å². The van der Waals surface area contributed by atoms with E-state index in [0.29, 0.717) is 13.1 Å². The number of hydrogen-bond donors (Lipinski definition) is 4. The Morgan fingerprint density at radius 3 is 2.10 bits per heavy atom. The molecule has 11 heteroatoms. The van der Waals surface area contributed by atoms with E-state index in [4.69, 9.17) is 9.47 Å². The lowest BCUT2D eigenvalue weighted by Gasteiger charge is -2.41. The highest BCUT2D eigenvalue weighted by molar-refractivity contribution is 5.90. The molecule has 0 bridgehead atoms. The third-order valence-electron chi connectivity index (χ3n) is 10.8. The van der Waals surface area contributed by atoms with Crippen molar-refractivity contribution in [1.29, 1.82) is 0 Å². The minimum absolute atomic E-state index is 0.0221. The van der Waals surface area contributed by atoms with Gasteiger partial charge in [0.2, 0.25) is 17.7 Å². The molecule has 0 saturated carbocycles. The average Bonchev–Trinajstić information content (AvgIpc) is 3.58. The second-order valence-electron chi connectivity index (χ2n) is 15.1. The van der Waals surface area contributed by atoms with Gasteiger partial charge in [0.25, 0.3) is 0 Å². The van der Waals surface area contributed by atoms with Crippen LogP contribution in [0.3, 0.4) is 0 Å². The molecule has 2 rings (SSSR count). The van der Waals surface area contributed by atoms with Gasteiger partial charge in [0.15, 0.2) is 0 Å². The maximum Gasteiger partial charge on any atom is 0.245 e. The van der Waals surface area contributed by atoms with E-state index in [1.165, 1.54) is 0 Å². The van der Waals surface area contributed by atoms with Gasteiger partial charge in [-0.15, -0.1) is 0 Å². The van der Waals surface area contributed by atoms with Crippen molar-refractivity contribution in [2.45, 2.75) is 130 Å². The molecule has 1 heterocycles. The Hall–Kier alpha value is -2.57. The Morgan fingerprint density at radius 2 is 1.58 bits per heavy atom. The summed E-state index contributed by atoms with van der Waals surface area (Å²) in [6.07, 6.45) is 1.23. The number of aliphatic hydroxyl groups is 1. The second-order valence-corrected chi connectivity index (χ2v) is 15.1. The number of hydrogen-bond acceptors (Lipinski definition) is 8. The average molecular weight is 704 g/mol. The maximum absolute atomic E-state index is 14.1. The fourth-order valence-corrected chi connectivity index (χ4v) is 7.51. The summed E-state index contributed by atoms with van der Waals surface area (Å²) < 4.78 is 12.1. The molecule has 1 fully saturated rings. The number of carbonyl (C=O) groups is 3. The summed E-state index contributed by atoms with van der Waals surface area (Å²) in [6, 6.07) is 7.83. The molecular weight excluding hydrogens is 634 g/mol. The SMILES string of the molecule is CC[C@H](C)[C@@H]([C@@H](CC(=O)N1CCC[C@H]1[C@H](OC)C(C)CN[C@H](C)[C@@H](O)c1ccccc1)OC)N(C)C(=O)[C@@H](NC(=O)[C@@H](NC)C(C)C)C(C)C. The van der Waals surface area contributed by atoms with Crippen molar-refractivity contribution in [3.8, 4) is 0 Å². The summed E-state index contributed by atoms with van der Waals surface area (Å²) in [4.78, 5) is 45.0. The molecule has 10 atom stereocenters. The molecule has 4 N–H and O–H groups in total. The number of carbonyl (C=O) groups excluding carboxylic acids is 3. The Bertz CT molecular complexity index is 1170. The highest BCUT2D eigenvalue weighted by Gasteiger charge is 2.42. The largest absolute Gasteiger partial charge is 0.387 e. The molecule has 11 nitrogen and oxygen atoms in total. The Labute approximate surface area is 302 Å². The van der Waals surface area contributed by atoms with E-state index in [-0.39, 0.29) is 72.0 Å². The summed E-state index contributed by atoms with van der Waals surface area (Å²) >= 11 is 0. The van der Waals surface area contributed by atoms with Crippen LogP contribution >= 0.6 is 0 Å². The van der Waals surface area contributed by atoms with Crippen molar-refractivity contribution in [2.24, 2.45) is 23.7 Å². The van der Waals surface area contributed by atoms with Gasteiger partial charge in [-0.25, -0.2) is 0 Å². The first-order valence-corrected chi connectivity index (χ1v) is 18.7. The highest BCUT2D eigenvalue weighted by atomic mass is 16.5. The lowest BCUT2D eigenvalue weighted by molar-refractivity contribution is -0.147. The van der Waals surface area contributed by atoms with Gasteiger partial charge in [0.05, 0.1) is 42.9 Å². The minimum atomic E-state index is -0.723. The summed E-state index contributed by atoms with van der Waals surface area (Å²) in [6.45, 7) is 17.3. The molecule has 286 valence electrons. The third kappa shape index (κ3) is 11.5. The zero-order valence-corrected chi connectivity index (χ0v) is 32.9. The number of likely N-dealkylation sites (tertiary alicyclic amines) is 1. The van der Waals surface area contributed by atoms with Crippen LogP contribution in [-0.4, -0.2) is 116 Å². The molecule has 50 heavy (non-hydrogen) atoms. The third-order valence-corrected chi connectivity index (χ3v) is 10.8. The van der Waals surface area contributed by atoms with Crippen LogP contribution in [0.1, 0.15) is 92.7 Å². The first-order chi connectivity index (χ1) is 23.6. The van der Waals surface area contributed by atoms with Crippen molar-refractivity contribution in [1.82, 2.24) is 25.8 Å². The first kappa shape index (κ1) is 43.6. The molecule has 0 spiro atoms. The molecule has 1 saturated heterocycles. The number of rotatable bonds is 21. The number of nitrogens with zero attached hydrogens (tertiary/aromatic N) is 2. The van der Waals surface area contributed by atoms with Gasteiger partial charge in [-0.05, 0) is 56.0 Å². The lowest BCUT2D eigenvalue weighted by Crippen LogP contribution is -2.59. The lowest BCUT2D eigenvalue weighted by atomic mass is 9.89. The van der Waals surface area contributed by atoms with E-state index >= 15 is 0 Å². The van der Waals surface area contributed by atoms with Crippen LogP contribution in [0, 0.1) is 23.7 Å². The van der Waals surface area contributed by atoms with Crippen molar-refractivity contribution >= 4 is 17.7 Å². The van der Waals surface area contributed by atoms with Gasteiger partial charge in [-0.3, -0.25) is 14.4 Å². The predicted molar refractivity (Wildman–Crippen MR) is 199 cm³/mol. The Morgan fingerprint density at radius 1 is 0.960 bits per heavy atom. The number of likely N-dealkylation sites (N-methyl/N-ethyl adjacent to an activating group) is 2. The molecule has 0 aromatic heterocycles. The number of amides is 3. The molecule has 3 amide bonds. The van der Waals surface area contributed by atoms with Crippen molar-refractivity contribution in [2.75, 3.05) is 41.4 Å². The van der Waals surface area contributed by atoms with Crippen LogP contribution in [0.2, 0.25) is 0 Å². The van der Waals surface area contributed by atoms with Crippen molar-refractivity contribution < 1.29 is 29.0 Å². The molecular formula is C39H69N5O6. The first-order valence-electron chi connectivity index (χ1n) is 18.7. The van der Waals surface area contributed by atoms with Crippen LogP contribution in [0.25, 0.3) is 0 Å². The fourth-order valence-electron chi connectivity index (χ4n) is 7.51. The van der Waals surface area contributed by atoms with E-state index in [0.717, 1.165) is 24.8 Å². The Balaban J connectivity index is 2.20. The van der Waals surface area contributed by atoms with Crippen molar-refractivity contribution in [3.05, 3.63) is 35.9 Å². The van der Waals surface area contributed by atoms with E-state index < -0.39 is 24.3 Å². The number of ether oxygens (including phenoxy) is 2. The zero-order valence-electron chi connectivity index (χ0n) is 32.9. The summed E-state index contributed by atoms with van der Waals surface area (Å²) in [7, 11) is 6.81. The summed E-state index contributed by atoms with van der Waals surface area (Å²) in [5.74, 6) is -0.410. The van der Waals surface area contributed by atoms with Gasteiger partial charge in [-0.1, -0.05) is 85.2 Å². The maximum atomic E-state index is 14.1. The second kappa shape index (κ2) is 21.1. The number of methoxy groups -OCH3 is 2. The molecule has 0 radical (unpaired) electrons. The van der Waals surface area contributed by atoms with Gasteiger partial charge >= 0.3 is 0 Å².